The molecular formula is C21H19BrN2S. The first-order chi connectivity index (χ1) is 12.1. The third-order valence-electron chi connectivity index (χ3n) is 3.87. The smallest absolute Gasteiger partial charge is 0.171 e. The molecule has 2 N–H and O–H groups in total. The zero-order valence-corrected chi connectivity index (χ0v) is 16.3. The third-order valence-corrected chi connectivity index (χ3v) is 4.58. The number of rotatable bonds is 4. The third kappa shape index (κ3) is 4.91. The van der Waals surface area contributed by atoms with Crippen molar-refractivity contribution < 1.29 is 0 Å². The Morgan fingerprint density at radius 3 is 2.32 bits per heavy atom. The highest BCUT2D eigenvalue weighted by Gasteiger charge is 2.15. The average Bonchev–Trinajstić information content (AvgIpc) is 2.60. The van der Waals surface area contributed by atoms with Gasteiger partial charge >= 0.3 is 0 Å². The maximum atomic E-state index is 5.55. The first-order valence-electron chi connectivity index (χ1n) is 8.06. The molecule has 0 fully saturated rings. The SMILES string of the molecule is Cc1cccc(C(NC(=S)Nc2cccc(Br)c2)c2ccccc2)c1. The van der Waals surface area contributed by atoms with Gasteiger partial charge in [-0.3, -0.25) is 0 Å². The van der Waals surface area contributed by atoms with Gasteiger partial charge in [-0.05, 0) is 48.5 Å². The molecule has 0 bridgehead atoms. The average molecular weight is 411 g/mol. The standard InChI is InChI=1S/C21H19BrN2S/c1-15-7-5-10-17(13-15)20(16-8-3-2-4-9-16)24-21(25)23-19-12-6-11-18(22)14-19/h2-14,20H,1H3,(H2,23,24,25). The van der Waals surface area contributed by atoms with E-state index in [1.165, 1.54) is 16.7 Å². The van der Waals surface area contributed by atoms with Crippen molar-refractivity contribution >= 4 is 38.9 Å². The molecule has 1 unspecified atom stereocenters. The van der Waals surface area contributed by atoms with Crippen LogP contribution in [0.3, 0.4) is 0 Å². The van der Waals surface area contributed by atoms with E-state index in [4.69, 9.17) is 12.2 Å². The van der Waals surface area contributed by atoms with Crippen LogP contribution in [0, 0.1) is 6.92 Å². The van der Waals surface area contributed by atoms with Gasteiger partial charge in [-0.25, -0.2) is 0 Å². The van der Waals surface area contributed by atoms with Crippen LogP contribution < -0.4 is 10.6 Å². The minimum Gasteiger partial charge on any atom is -0.352 e. The maximum Gasteiger partial charge on any atom is 0.171 e. The van der Waals surface area contributed by atoms with Gasteiger partial charge in [0, 0.05) is 10.2 Å². The van der Waals surface area contributed by atoms with Crippen LogP contribution in [-0.2, 0) is 0 Å². The fourth-order valence-electron chi connectivity index (χ4n) is 2.72. The van der Waals surface area contributed by atoms with Crippen LogP contribution in [0.1, 0.15) is 22.7 Å². The first kappa shape index (κ1) is 17.6. The van der Waals surface area contributed by atoms with E-state index in [0.29, 0.717) is 5.11 Å². The molecule has 2 nitrogen and oxygen atoms in total. The Balaban J connectivity index is 1.84. The summed E-state index contributed by atoms with van der Waals surface area (Å²) in [6, 6.07) is 26.8. The molecule has 0 heterocycles. The fraction of sp³-hybridized carbons (Fsp3) is 0.0952. The molecule has 0 aliphatic rings. The molecule has 3 aromatic rings. The van der Waals surface area contributed by atoms with Crippen LogP contribution in [-0.4, -0.2) is 5.11 Å². The molecule has 0 aliphatic heterocycles. The van der Waals surface area contributed by atoms with Gasteiger partial charge in [0.05, 0.1) is 6.04 Å². The van der Waals surface area contributed by atoms with Crippen molar-refractivity contribution in [2.75, 3.05) is 5.32 Å². The monoisotopic (exact) mass is 410 g/mol. The lowest BCUT2D eigenvalue weighted by atomic mass is 9.97. The van der Waals surface area contributed by atoms with Gasteiger partial charge in [-0.2, -0.15) is 0 Å². The van der Waals surface area contributed by atoms with Gasteiger partial charge in [-0.15, -0.1) is 0 Å². The van der Waals surface area contributed by atoms with E-state index in [0.717, 1.165) is 10.2 Å². The molecule has 126 valence electrons. The largest absolute Gasteiger partial charge is 0.352 e. The summed E-state index contributed by atoms with van der Waals surface area (Å²) in [4.78, 5) is 0. The predicted octanol–water partition coefficient (Wildman–Crippen LogP) is 5.83. The summed E-state index contributed by atoms with van der Waals surface area (Å²) in [5.41, 5.74) is 4.53. The maximum absolute atomic E-state index is 5.55. The highest BCUT2D eigenvalue weighted by Crippen LogP contribution is 2.23. The number of aryl methyl sites for hydroxylation is 1. The van der Waals surface area contributed by atoms with Crippen LogP contribution in [0.25, 0.3) is 0 Å². The Morgan fingerprint density at radius 2 is 1.60 bits per heavy atom. The number of benzene rings is 3. The molecule has 25 heavy (non-hydrogen) atoms. The lowest BCUT2D eigenvalue weighted by Crippen LogP contribution is -2.33. The lowest BCUT2D eigenvalue weighted by molar-refractivity contribution is 0.768. The van der Waals surface area contributed by atoms with Crippen molar-refractivity contribution in [3.05, 3.63) is 100 Å². The van der Waals surface area contributed by atoms with E-state index >= 15 is 0 Å². The van der Waals surface area contributed by atoms with Crippen molar-refractivity contribution in [2.24, 2.45) is 0 Å². The Hall–Kier alpha value is -2.17. The van der Waals surface area contributed by atoms with Crippen molar-refractivity contribution in [1.82, 2.24) is 5.32 Å². The van der Waals surface area contributed by atoms with E-state index in [1.807, 2.05) is 42.5 Å². The molecule has 0 saturated heterocycles. The normalized spacial score (nSPS) is 11.6. The van der Waals surface area contributed by atoms with Crippen molar-refractivity contribution in [3.8, 4) is 0 Å². The van der Waals surface area contributed by atoms with E-state index in [-0.39, 0.29) is 6.04 Å². The molecule has 0 aliphatic carbocycles. The molecule has 0 saturated carbocycles. The number of anilines is 1. The van der Waals surface area contributed by atoms with E-state index in [2.05, 4.69) is 69.9 Å². The lowest BCUT2D eigenvalue weighted by Gasteiger charge is -2.22. The quantitative estimate of drug-likeness (QED) is 0.528. The second kappa shape index (κ2) is 8.28. The van der Waals surface area contributed by atoms with Crippen molar-refractivity contribution in [3.63, 3.8) is 0 Å². The minimum absolute atomic E-state index is 0.00625. The molecule has 3 rings (SSSR count). The van der Waals surface area contributed by atoms with Crippen LogP contribution in [0.15, 0.2) is 83.3 Å². The first-order valence-corrected chi connectivity index (χ1v) is 9.26. The molecule has 0 amide bonds. The number of hydrogen-bond donors (Lipinski definition) is 2. The van der Waals surface area contributed by atoms with Gasteiger partial charge in [0.25, 0.3) is 0 Å². The Morgan fingerprint density at radius 1 is 0.880 bits per heavy atom. The van der Waals surface area contributed by atoms with Crippen LogP contribution in [0.4, 0.5) is 5.69 Å². The Labute approximate surface area is 162 Å². The summed E-state index contributed by atoms with van der Waals surface area (Å²) in [6.45, 7) is 2.10. The Kier molecular flexibility index (Phi) is 5.84. The van der Waals surface area contributed by atoms with Gasteiger partial charge in [0.1, 0.15) is 0 Å². The minimum atomic E-state index is -0.00625. The van der Waals surface area contributed by atoms with Crippen molar-refractivity contribution in [2.45, 2.75) is 13.0 Å². The number of thiocarbonyl (C=S) groups is 1. The zero-order chi connectivity index (χ0) is 17.6. The van der Waals surface area contributed by atoms with Gasteiger partial charge in [0.15, 0.2) is 5.11 Å². The van der Waals surface area contributed by atoms with E-state index in [9.17, 15) is 0 Å². The van der Waals surface area contributed by atoms with Gasteiger partial charge < -0.3 is 10.6 Å². The van der Waals surface area contributed by atoms with Crippen molar-refractivity contribution in [1.29, 1.82) is 0 Å². The summed E-state index contributed by atoms with van der Waals surface area (Å²) in [7, 11) is 0. The number of halogens is 1. The fourth-order valence-corrected chi connectivity index (χ4v) is 3.35. The summed E-state index contributed by atoms with van der Waals surface area (Å²) in [5.74, 6) is 0. The van der Waals surface area contributed by atoms with E-state index < -0.39 is 0 Å². The highest BCUT2D eigenvalue weighted by atomic mass is 79.9. The molecular weight excluding hydrogens is 392 g/mol. The molecule has 3 aromatic carbocycles. The molecule has 1 atom stereocenters. The predicted molar refractivity (Wildman–Crippen MR) is 113 cm³/mol. The van der Waals surface area contributed by atoms with Crippen LogP contribution in [0.5, 0.6) is 0 Å². The van der Waals surface area contributed by atoms with Gasteiger partial charge in [-0.1, -0.05) is 82.2 Å². The second-order valence-corrected chi connectivity index (χ2v) is 7.19. The number of hydrogen-bond acceptors (Lipinski definition) is 1. The topological polar surface area (TPSA) is 24.1 Å². The van der Waals surface area contributed by atoms with Crippen LogP contribution >= 0.6 is 28.1 Å². The Bertz CT molecular complexity index is 865. The molecule has 0 spiro atoms. The summed E-state index contributed by atoms with van der Waals surface area (Å²) in [5, 5.41) is 7.30. The zero-order valence-electron chi connectivity index (χ0n) is 13.9. The summed E-state index contributed by atoms with van der Waals surface area (Å²) >= 11 is 9.03. The second-order valence-electron chi connectivity index (χ2n) is 5.87. The number of nitrogens with one attached hydrogen (secondary N) is 2. The molecule has 0 aromatic heterocycles. The summed E-state index contributed by atoms with van der Waals surface area (Å²) < 4.78 is 1.01. The molecule has 0 radical (unpaired) electrons. The van der Waals surface area contributed by atoms with Gasteiger partial charge in [0.2, 0.25) is 0 Å². The highest BCUT2D eigenvalue weighted by molar-refractivity contribution is 9.10. The summed E-state index contributed by atoms with van der Waals surface area (Å²) in [6.07, 6.45) is 0. The van der Waals surface area contributed by atoms with Crippen LogP contribution in [0.2, 0.25) is 0 Å². The molecule has 4 heteroatoms. The van der Waals surface area contributed by atoms with E-state index in [1.54, 1.807) is 0 Å².